The van der Waals surface area contributed by atoms with Gasteiger partial charge in [-0.3, -0.25) is 4.79 Å². The lowest BCUT2D eigenvalue weighted by atomic mass is 9.91. The molecule has 0 saturated heterocycles. The summed E-state index contributed by atoms with van der Waals surface area (Å²) in [7, 11) is 1.61. The number of aldehydes is 1. The van der Waals surface area contributed by atoms with Gasteiger partial charge in [0.1, 0.15) is 5.75 Å². The molecule has 0 saturated carbocycles. The first-order chi connectivity index (χ1) is 10.7. The maximum atomic E-state index is 11.3. The van der Waals surface area contributed by atoms with E-state index in [0.717, 1.165) is 23.0 Å². The van der Waals surface area contributed by atoms with Crippen molar-refractivity contribution in [3.63, 3.8) is 0 Å². The second kappa shape index (κ2) is 5.64. The summed E-state index contributed by atoms with van der Waals surface area (Å²) in [6.07, 6.45) is 0.845. The first kappa shape index (κ1) is 14.3. The molecule has 3 rings (SSSR count). The smallest absolute Gasteiger partial charge is 0.153 e. The van der Waals surface area contributed by atoms with Gasteiger partial charge in [0.25, 0.3) is 0 Å². The number of methoxy groups -OCH3 is 1. The van der Waals surface area contributed by atoms with Crippen molar-refractivity contribution in [2.75, 3.05) is 7.11 Å². The Morgan fingerprint density at radius 1 is 0.864 bits per heavy atom. The van der Waals surface area contributed by atoms with Gasteiger partial charge in [-0.25, -0.2) is 0 Å². The Hall–Kier alpha value is -2.61. The SMILES string of the molecule is COc1c(C=O)ccc(C)c1-c1cccc2c(C)cccc12. The van der Waals surface area contributed by atoms with Crippen LogP contribution in [0.25, 0.3) is 21.9 Å². The molecule has 0 amide bonds. The highest BCUT2D eigenvalue weighted by Gasteiger charge is 2.16. The summed E-state index contributed by atoms with van der Waals surface area (Å²) in [5.74, 6) is 0.643. The fraction of sp³-hybridized carbons (Fsp3) is 0.150. The van der Waals surface area contributed by atoms with Gasteiger partial charge in [-0.05, 0) is 47.4 Å². The van der Waals surface area contributed by atoms with Crippen molar-refractivity contribution in [2.45, 2.75) is 13.8 Å². The highest BCUT2D eigenvalue weighted by molar-refractivity contribution is 6.01. The van der Waals surface area contributed by atoms with Crippen molar-refractivity contribution in [2.24, 2.45) is 0 Å². The topological polar surface area (TPSA) is 26.3 Å². The van der Waals surface area contributed by atoms with Crippen molar-refractivity contribution >= 4 is 17.1 Å². The van der Waals surface area contributed by atoms with Gasteiger partial charge in [-0.15, -0.1) is 0 Å². The van der Waals surface area contributed by atoms with Gasteiger partial charge in [0.2, 0.25) is 0 Å². The van der Waals surface area contributed by atoms with Crippen LogP contribution >= 0.6 is 0 Å². The van der Waals surface area contributed by atoms with Crippen LogP contribution in [0.4, 0.5) is 0 Å². The van der Waals surface area contributed by atoms with Crippen LogP contribution in [0, 0.1) is 13.8 Å². The van der Waals surface area contributed by atoms with Gasteiger partial charge >= 0.3 is 0 Å². The van der Waals surface area contributed by atoms with E-state index in [4.69, 9.17) is 4.74 Å². The summed E-state index contributed by atoms with van der Waals surface area (Å²) < 4.78 is 5.55. The lowest BCUT2D eigenvalue weighted by Gasteiger charge is -2.16. The van der Waals surface area contributed by atoms with Crippen LogP contribution in [0.1, 0.15) is 21.5 Å². The summed E-state index contributed by atoms with van der Waals surface area (Å²) in [5, 5.41) is 2.39. The fourth-order valence-electron chi connectivity index (χ4n) is 3.03. The zero-order valence-electron chi connectivity index (χ0n) is 13.0. The number of benzene rings is 3. The third-order valence-corrected chi connectivity index (χ3v) is 4.14. The number of carbonyl (C=O) groups excluding carboxylic acids is 1. The molecule has 3 aromatic carbocycles. The fourth-order valence-corrected chi connectivity index (χ4v) is 3.03. The number of hydrogen-bond donors (Lipinski definition) is 0. The molecule has 0 bridgehead atoms. The minimum absolute atomic E-state index is 0.577. The minimum Gasteiger partial charge on any atom is -0.495 e. The van der Waals surface area contributed by atoms with E-state index in [0.29, 0.717) is 11.3 Å². The summed E-state index contributed by atoms with van der Waals surface area (Å²) in [4.78, 5) is 11.3. The Labute approximate surface area is 130 Å². The summed E-state index contributed by atoms with van der Waals surface area (Å²) in [5.41, 5.74) is 4.99. The van der Waals surface area contributed by atoms with Gasteiger partial charge < -0.3 is 4.74 Å². The van der Waals surface area contributed by atoms with Gasteiger partial charge in [-0.2, -0.15) is 0 Å². The molecular formula is C20H18O2. The average Bonchev–Trinajstić information content (AvgIpc) is 2.54. The number of carbonyl (C=O) groups is 1. The van der Waals surface area contributed by atoms with Gasteiger partial charge in [0, 0.05) is 5.56 Å². The zero-order chi connectivity index (χ0) is 15.7. The van der Waals surface area contributed by atoms with Crippen molar-refractivity contribution in [1.29, 1.82) is 0 Å². The largest absolute Gasteiger partial charge is 0.495 e. The normalized spacial score (nSPS) is 10.7. The Morgan fingerprint density at radius 2 is 1.59 bits per heavy atom. The van der Waals surface area contributed by atoms with Crippen molar-refractivity contribution in [3.05, 3.63) is 65.2 Å². The third kappa shape index (κ3) is 2.17. The predicted molar refractivity (Wildman–Crippen MR) is 90.8 cm³/mol. The molecule has 0 aliphatic heterocycles. The maximum absolute atomic E-state index is 11.3. The first-order valence-corrected chi connectivity index (χ1v) is 7.29. The molecule has 110 valence electrons. The molecule has 0 radical (unpaired) electrons. The third-order valence-electron chi connectivity index (χ3n) is 4.14. The number of rotatable bonds is 3. The summed E-state index contributed by atoms with van der Waals surface area (Å²) >= 11 is 0. The maximum Gasteiger partial charge on any atom is 0.153 e. The van der Waals surface area contributed by atoms with Gasteiger partial charge in [-0.1, -0.05) is 42.5 Å². The van der Waals surface area contributed by atoms with Crippen LogP contribution in [-0.4, -0.2) is 13.4 Å². The molecule has 0 atom stereocenters. The van der Waals surface area contributed by atoms with Crippen molar-refractivity contribution in [3.8, 4) is 16.9 Å². The second-order valence-corrected chi connectivity index (χ2v) is 5.47. The Morgan fingerprint density at radius 3 is 2.32 bits per heavy atom. The van der Waals surface area contributed by atoms with E-state index in [1.54, 1.807) is 13.2 Å². The quantitative estimate of drug-likeness (QED) is 0.638. The Balaban J connectivity index is 2.42. The van der Waals surface area contributed by atoms with Crippen molar-refractivity contribution < 1.29 is 9.53 Å². The zero-order valence-corrected chi connectivity index (χ0v) is 13.0. The predicted octanol–water partition coefficient (Wildman–Crippen LogP) is 4.94. The molecule has 0 aliphatic carbocycles. The second-order valence-electron chi connectivity index (χ2n) is 5.47. The number of aryl methyl sites for hydroxylation is 2. The van der Waals surface area contributed by atoms with Crippen LogP contribution < -0.4 is 4.74 Å². The van der Waals surface area contributed by atoms with Crippen LogP contribution in [0.3, 0.4) is 0 Å². The van der Waals surface area contributed by atoms with Gasteiger partial charge in [0.15, 0.2) is 6.29 Å². The Kier molecular flexibility index (Phi) is 3.68. The number of hydrogen-bond acceptors (Lipinski definition) is 2. The van der Waals surface area contributed by atoms with E-state index < -0.39 is 0 Å². The van der Waals surface area contributed by atoms with Crippen LogP contribution in [-0.2, 0) is 0 Å². The average molecular weight is 290 g/mol. The standard InChI is InChI=1S/C20H18O2/c1-13-6-4-8-17-16(13)7-5-9-18(17)19-14(2)10-11-15(12-21)20(19)22-3/h4-12H,1-3H3. The van der Waals surface area contributed by atoms with E-state index in [1.807, 2.05) is 13.0 Å². The number of fused-ring (bicyclic) bond motifs is 1. The first-order valence-electron chi connectivity index (χ1n) is 7.29. The molecule has 2 heteroatoms. The van der Waals surface area contributed by atoms with E-state index in [1.165, 1.54) is 16.3 Å². The van der Waals surface area contributed by atoms with Crippen LogP contribution in [0.15, 0.2) is 48.5 Å². The van der Waals surface area contributed by atoms with E-state index >= 15 is 0 Å². The summed E-state index contributed by atoms with van der Waals surface area (Å²) in [6.45, 7) is 4.15. The van der Waals surface area contributed by atoms with E-state index in [2.05, 4.69) is 43.3 Å². The highest BCUT2D eigenvalue weighted by atomic mass is 16.5. The molecule has 0 unspecified atom stereocenters. The minimum atomic E-state index is 0.577. The number of ether oxygens (including phenoxy) is 1. The monoisotopic (exact) mass is 290 g/mol. The molecular weight excluding hydrogens is 272 g/mol. The van der Waals surface area contributed by atoms with Crippen LogP contribution in [0.5, 0.6) is 5.75 Å². The molecule has 0 spiro atoms. The lowest BCUT2D eigenvalue weighted by Crippen LogP contribution is -1.97. The molecule has 3 aromatic rings. The summed E-state index contributed by atoms with van der Waals surface area (Å²) in [6, 6.07) is 16.3. The highest BCUT2D eigenvalue weighted by Crippen LogP contribution is 2.39. The molecule has 0 N–H and O–H groups in total. The van der Waals surface area contributed by atoms with Gasteiger partial charge in [0.05, 0.1) is 12.7 Å². The molecule has 0 aliphatic rings. The van der Waals surface area contributed by atoms with Crippen molar-refractivity contribution in [1.82, 2.24) is 0 Å². The molecule has 2 nitrogen and oxygen atoms in total. The molecule has 0 aromatic heterocycles. The molecule has 0 heterocycles. The molecule has 22 heavy (non-hydrogen) atoms. The Bertz CT molecular complexity index is 863. The van der Waals surface area contributed by atoms with Crippen LogP contribution in [0.2, 0.25) is 0 Å². The van der Waals surface area contributed by atoms with E-state index in [-0.39, 0.29) is 0 Å². The molecule has 0 fully saturated rings. The lowest BCUT2D eigenvalue weighted by molar-refractivity contribution is 0.112. The van der Waals surface area contributed by atoms with E-state index in [9.17, 15) is 4.79 Å².